The van der Waals surface area contributed by atoms with E-state index in [4.69, 9.17) is 5.11 Å². The van der Waals surface area contributed by atoms with E-state index in [1.54, 1.807) is 0 Å². The van der Waals surface area contributed by atoms with Crippen LogP contribution in [-0.2, 0) is 11.3 Å². The smallest absolute Gasteiger partial charge is 0.305 e. The summed E-state index contributed by atoms with van der Waals surface area (Å²) in [7, 11) is 0. The van der Waals surface area contributed by atoms with Gasteiger partial charge >= 0.3 is 5.97 Å². The van der Waals surface area contributed by atoms with E-state index >= 15 is 0 Å². The third-order valence-electron chi connectivity index (χ3n) is 3.96. The minimum Gasteiger partial charge on any atom is -0.481 e. The van der Waals surface area contributed by atoms with Crippen LogP contribution in [0.15, 0.2) is 72.8 Å². The summed E-state index contributed by atoms with van der Waals surface area (Å²) in [6, 6.07) is 24.5. The molecule has 3 aromatic carbocycles. The Morgan fingerprint density at radius 3 is 2.35 bits per heavy atom. The highest BCUT2D eigenvalue weighted by Gasteiger charge is 2.11. The minimum atomic E-state index is -0.774. The van der Waals surface area contributed by atoms with Crippen molar-refractivity contribution in [2.75, 3.05) is 11.4 Å². The molecule has 3 heteroatoms. The van der Waals surface area contributed by atoms with Crippen LogP contribution in [0, 0.1) is 0 Å². The summed E-state index contributed by atoms with van der Waals surface area (Å²) in [5.41, 5.74) is 2.25. The van der Waals surface area contributed by atoms with Gasteiger partial charge in [-0.15, -0.1) is 0 Å². The van der Waals surface area contributed by atoms with Gasteiger partial charge in [0.1, 0.15) is 0 Å². The Bertz CT molecular complexity index is 794. The highest BCUT2D eigenvalue weighted by molar-refractivity contribution is 5.85. The van der Waals surface area contributed by atoms with Crippen molar-refractivity contribution in [2.24, 2.45) is 0 Å². The molecule has 0 heterocycles. The van der Waals surface area contributed by atoms with Crippen molar-refractivity contribution >= 4 is 22.4 Å². The highest BCUT2D eigenvalue weighted by atomic mass is 16.4. The first-order chi connectivity index (χ1) is 11.2. The first kappa shape index (κ1) is 15.1. The Balaban J connectivity index is 1.92. The number of carboxylic acid groups (broad SMARTS) is 1. The van der Waals surface area contributed by atoms with Gasteiger partial charge in [-0.3, -0.25) is 4.79 Å². The van der Waals surface area contributed by atoms with Crippen LogP contribution in [-0.4, -0.2) is 17.6 Å². The summed E-state index contributed by atoms with van der Waals surface area (Å²) in [5.74, 6) is -0.774. The molecule has 0 atom stereocenters. The van der Waals surface area contributed by atoms with Gasteiger partial charge in [0, 0.05) is 18.8 Å². The van der Waals surface area contributed by atoms with Crippen LogP contribution in [0.2, 0.25) is 0 Å². The van der Waals surface area contributed by atoms with Crippen LogP contribution in [0.5, 0.6) is 0 Å². The Hall–Kier alpha value is -2.81. The zero-order valence-corrected chi connectivity index (χ0v) is 12.9. The van der Waals surface area contributed by atoms with Crippen LogP contribution in [0.3, 0.4) is 0 Å². The van der Waals surface area contributed by atoms with E-state index in [0.717, 1.165) is 5.69 Å². The average Bonchev–Trinajstić information content (AvgIpc) is 2.59. The van der Waals surface area contributed by atoms with Gasteiger partial charge in [0.2, 0.25) is 0 Å². The standard InChI is InChI=1S/C20H19NO2/c22-20(23)13-14-21(18-10-2-1-3-11-18)15-17-9-6-8-16-7-4-5-12-19(16)17/h1-12H,13-15H2,(H,22,23). The largest absolute Gasteiger partial charge is 0.481 e. The molecule has 0 bridgehead atoms. The summed E-state index contributed by atoms with van der Waals surface area (Å²) in [5, 5.41) is 11.4. The molecular weight excluding hydrogens is 286 g/mol. The average molecular weight is 305 g/mol. The number of anilines is 1. The summed E-state index contributed by atoms with van der Waals surface area (Å²) in [6.45, 7) is 1.18. The second-order valence-electron chi connectivity index (χ2n) is 5.54. The lowest BCUT2D eigenvalue weighted by Crippen LogP contribution is -2.25. The van der Waals surface area contributed by atoms with Crippen molar-refractivity contribution in [2.45, 2.75) is 13.0 Å². The summed E-state index contributed by atoms with van der Waals surface area (Å²) >= 11 is 0. The zero-order valence-electron chi connectivity index (χ0n) is 12.9. The fourth-order valence-corrected chi connectivity index (χ4v) is 2.80. The lowest BCUT2D eigenvalue weighted by atomic mass is 10.0. The molecule has 0 aromatic heterocycles. The van der Waals surface area contributed by atoms with Gasteiger partial charge in [0.05, 0.1) is 6.42 Å². The Kier molecular flexibility index (Phi) is 4.57. The molecule has 0 unspecified atom stereocenters. The van der Waals surface area contributed by atoms with Crippen molar-refractivity contribution < 1.29 is 9.90 Å². The van der Waals surface area contributed by atoms with Gasteiger partial charge < -0.3 is 10.0 Å². The molecule has 0 fully saturated rings. The number of hydrogen-bond acceptors (Lipinski definition) is 2. The topological polar surface area (TPSA) is 40.5 Å². The number of carbonyl (C=O) groups is 1. The van der Waals surface area contributed by atoms with Crippen LogP contribution >= 0.6 is 0 Å². The number of fused-ring (bicyclic) bond motifs is 1. The molecule has 0 saturated heterocycles. The number of carboxylic acids is 1. The summed E-state index contributed by atoms with van der Waals surface area (Å²) in [4.78, 5) is 13.1. The second kappa shape index (κ2) is 6.97. The maximum absolute atomic E-state index is 11.0. The van der Waals surface area contributed by atoms with Gasteiger partial charge in [0.25, 0.3) is 0 Å². The quantitative estimate of drug-likeness (QED) is 0.737. The molecule has 3 aromatic rings. The van der Waals surface area contributed by atoms with Crippen LogP contribution in [0.25, 0.3) is 10.8 Å². The molecule has 0 saturated carbocycles. The van der Waals surface area contributed by atoms with Crippen molar-refractivity contribution in [1.29, 1.82) is 0 Å². The number of aliphatic carboxylic acids is 1. The van der Waals surface area contributed by atoms with Gasteiger partial charge in [-0.05, 0) is 28.5 Å². The molecule has 0 amide bonds. The number of rotatable bonds is 6. The monoisotopic (exact) mass is 305 g/mol. The molecular formula is C20H19NO2. The lowest BCUT2D eigenvalue weighted by Gasteiger charge is -2.25. The minimum absolute atomic E-state index is 0.125. The lowest BCUT2D eigenvalue weighted by molar-refractivity contribution is -0.136. The zero-order chi connectivity index (χ0) is 16.1. The van der Waals surface area contributed by atoms with E-state index in [9.17, 15) is 4.79 Å². The van der Waals surface area contributed by atoms with Crippen LogP contribution < -0.4 is 4.90 Å². The summed E-state index contributed by atoms with van der Waals surface area (Å²) < 4.78 is 0. The number of benzene rings is 3. The van der Waals surface area contributed by atoms with Gasteiger partial charge in [-0.2, -0.15) is 0 Å². The molecule has 0 aliphatic rings. The normalized spacial score (nSPS) is 10.6. The van der Waals surface area contributed by atoms with E-state index in [0.29, 0.717) is 13.1 Å². The van der Waals surface area contributed by atoms with E-state index in [1.807, 2.05) is 42.5 Å². The fourth-order valence-electron chi connectivity index (χ4n) is 2.80. The first-order valence-corrected chi connectivity index (χ1v) is 7.72. The van der Waals surface area contributed by atoms with E-state index < -0.39 is 5.97 Å². The third kappa shape index (κ3) is 3.69. The first-order valence-electron chi connectivity index (χ1n) is 7.72. The van der Waals surface area contributed by atoms with Crippen LogP contribution in [0.1, 0.15) is 12.0 Å². The van der Waals surface area contributed by atoms with Crippen molar-refractivity contribution in [1.82, 2.24) is 0 Å². The number of nitrogens with zero attached hydrogens (tertiary/aromatic N) is 1. The van der Waals surface area contributed by atoms with E-state index in [1.165, 1.54) is 16.3 Å². The SMILES string of the molecule is O=C(O)CCN(Cc1cccc2ccccc12)c1ccccc1. The van der Waals surface area contributed by atoms with E-state index in [2.05, 4.69) is 35.2 Å². The fraction of sp³-hybridized carbons (Fsp3) is 0.150. The Morgan fingerprint density at radius 2 is 1.57 bits per heavy atom. The van der Waals surface area contributed by atoms with Crippen molar-refractivity contribution in [3.63, 3.8) is 0 Å². The van der Waals surface area contributed by atoms with E-state index in [-0.39, 0.29) is 6.42 Å². The molecule has 0 radical (unpaired) electrons. The molecule has 0 spiro atoms. The van der Waals surface area contributed by atoms with Gasteiger partial charge in [0.15, 0.2) is 0 Å². The highest BCUT2D eigenvalue weighted by Crippen LogP contribution is 2.23. The maximum Gasteiger partial charge on any atom is 0.305 e. The molecule has 0 aliphatic heterocycles. The van der Waals surface area contributed by atoms with Crippen molar-refractivity contribution in [3.05, 3.63) is 78.4 Å². The molecule has 23 heavy (non-hydrogen) atoms. The summed E-state index contributed by atoms with van der Waals surface area (Å²) in [6.07, 6.45) is 0.125. The molecule has 0 aliphatic carbocycles. The Labute approximate surface area is 135 Å². The van der Waals surface area contributed by atoms with Gasteiger partial charge in [-0.1, -0.05) is 60.7 Å². The maximum atomic E-state index is 11.0. The number of hydrogen-bond donors (Lipinski definition) is 1. The Morgan fingerprint density at radius 1 is 0.870 bits per heavy atom. The predicted molar refractivity (Wildman–Crippen MR) is 93.7 cm³/mol. The molecule has 3 rings (SSSR count). The van der Waals surface area contributed by atoms with Gasteiger partial charge in [-0.25, -0.2) is 0 Å². The van der Waals surface area contributed by atoms with Crippen molar-refractivity contribution in [3.8, 4) is 0 Å². The molecule has 116 valence electrons. The predicted octanol–water partition coefficient (Wildman–Crippen LogP) is 4.32. The number of para-hydroxylation sites is 1. The molecule has 1 N–H and O–H groups in total. The molecule has 3 nitrogen and oxygen atoms in total. The third-order valence-corrected chi connectivity index (χ3v) is 3.96. The van der Waals surface area contributed by atoms with Crippen LogP contribution in [0.4, 0.5) is 5.69 Å². The second-order valence-corrected chi connectivity index (χ2v) is 5.54.